The van der Waals surface area contributed by atoms with Gasteiger partial charge < -0.3 is 10.6 Å². The Morgan fingerprint density at radius 2 is 2.00 bits per heavy atom. The molecule has 0 aromatic carbocycles. The summed E-state index contributed by atoms with van der Waals surface area (Å²) in [5, 5.41) is 0. The minimum absolute atomic E-state index is 0.113. The van der Waals surface area contributed by atoms with Gasteiger partial charge in [-0.2, -0.15) is 0 Å². The van der Waals surface area contributed by atoms with Crippen LogP contribution in [0, 0.1) is 0 Å². The van der Waals surface area contributed by atoms with Gasteiger partial charge in [-0.25, -0.2) is 0 Å². The van der Waals surface area contributed by atoms with Crippen LogP contribution in [0.3, 0.4) is 0 Å². The van der Waals surface area contributed by atoms with E-state index in [-0.39, 0.29) is 5.91 Å². The molecule has 0 bridgehead atoms. The highest BCUT2D eigenvalue weighted by atomic mass is 16.2. The Morgan fingerprint density at radius 1 is 1.50 bits per heavy atom. The topological polar surface area (TPSA) is 46.3 Å². The number of likely N-dealkylation sites (tertiary alicyclic amines) is 1. The molecule has 0 saturated carbocycles. The monoisotopic (exact) mass is 170 g/mol. The van der Waals surface area contributed by atoms with Gasteiger partial charge in [-0.15, -0.1) is 0 Å². The van der Waals surface area contributed by atoms with E-state index < -0.39 is 5.54 Å². The van der Waals surface area contributed by atoms with E-state index in [9.17, 15) is 4.79 Å². The number of amides is 1. The first-order valence-electron chi connectivity index (χ1n) is 4.66. The van der Waals surface area contributed by atoms with Gasteiger partial charge in [-0.1, -0.05) is 6.92 Å². The van der Waals surface area contributed by atoms with Crippen molar-refractivity contribution in [2.45, 2.75) is 38.6 Å². The predicted molar refractivity (Wildman–Crippen MR) is 48.7 cm³/mol. The van der Waals surface area contributed by atoms with Crippen LogP contribution in [0.2, 0.25) is 0 Å². The van der Waals surface area contributed by atoms with Crippen LogP contribution in [0.15, 0.2) is 0 Å². The lowest BCUT2D eigenvalue weighted by molar-refractivity contribution is -0.135. The molecule has 1 rings (SSSR count). The van der Waals surface area contributed by atoms with Crippen LogP contribution < -0.4 is 5.73 Å². The first-order valence-corrected chi connectivity index (χ1v) is 4.66. The Hall–Kier alpha value is -0.570. The van der Waals surface area contributed by atoms with Gasteiger partial charge in [0.15, 0.2) is 0 Å². The molecule has 1 fully saturated rings. The van der Waals surface area contributed by atoms with Crippen LogP contribution >= 0.6 is 0 Å². The Morgan fingerprint density at radius 3 is 2.42 bits per heavy atom. The number of hydrogen-bond acceptors (Lipinski definition) is 2. The van der Waals surface area contributed by atoms with Gasteiger partial charge in [0.05, 0.1) is 5.54 Å². The summed E-state index contributed by atoms with van der Waals surface area (Å²) >= 11 is 0. The molecule has 3 nitrogen and oxygen atoms in total. The predicted octanol–water partition coefficient (Wildman–Crippen LogP) is 0.736. The van der Waals surface area contributed by atoms with Gasteiger partial charge in [-0.3, -0.25) is 4.79 Å². The molecule has 1 unspecified atom stereocenters. The number of rotatable bonds is 2. The molecule has 2 N–H and O–H groups in total. The van der Waals surface area contributed by atoms with E-state index in [1.54, 1.807) is 0 Å². The summed E-state index contributed by atoms with van der Waals surface area (Å²) in [6.07, 6.45) is 2.97. The molecule has 0 radical (unpaired) electrons. The van der Waals surface area contributed by atoms with E-state index in [0.717, 1.165) is 25.9 Å². The maximum Gasteiger partial charge on any atom is 0.242 e. The molecule has 12 heavy (non-hydrogen) atoms. The molecule has 1 amide bonds. The molecule has 0 spiro atoms. The van der Waals surface area contributed by atoms with Crippen LogP contribution in [0.5, 0.6) is 0 Å². The van der Waals surface area contributed by atoms with Crippen molar-refractivity contribution in [2.75, 3.05) is 13.1 Å². The maximum absolute atomic E-state index is 11.7. The normalized spacial score (nSPS) is 22.4. The zero-order valence-electron chi connectivity index (χ0n) is 7.97. The van der Waals surface area contributed by atoms with Crippen molar-refractivity contribution in [3.05, 3.63) is 0 Å². The van der Waals surface area contributed by atoms with E-state index in [1.807, 2.05) is 18.7 Å². The van der Waals surface area contributed by atoms with Crippen molar-refractivity contribution in [1.29, 1.82) is 0 Å². The Balaban J connectivity index is 2.56. The molecule has 1 saturated heterocycles. The third kappa shape index (κ3) is 1.78. The Bertz CT molecular complexity index is 171. The summed E-state index contributed by atoms with van der Waals surface area (Å²) in [6, 6.07) is 0. The Labute approximate surface area is 73.9 Å². The summed E-state index contributed by atoms with van der Waals surface area (Å²) in [5.74, 6) is 0.113. The second-order valence-corrected chi connectivity index (χ2v) is 3.77. The number of carbonyl (C=O) groups is 1. The van der Waals surface area contributed by atoms with Gasteiger partial charge >= 0.3 is 0 Å². The van der Waals surface area contributed by atoms with Crippen LogP contribution in [0.1, 0.15) is 33.1 Å². The van der Waals surface area contributed by atoms with Crippen molar-refractivity contribution in [3.8, 4) is 0 Å². The average Bonchev–Trinajstić information content (AvgIpc) is 2.55. The fourth-order valence-electron chi connectivity index (χ4n) is 1.43. The molecular weight excluding hydrogens is 152 g/mol. The standard InChI is InChI=1S/C9H18N2O/c1-3-9(2,10)8(12)11-6-4-5-7-11/h3-7,10H2,1-2H3. The van der Waals surface area contributed by atoms with Crippen LogP contribution in [-0.2, 0) is 4.79 Å². The van der Waals surface area contributed by atoms with Crippen LogP contribution in [0.4, 0.5) is 0 Å². The van der Waals surface area contributed by atoms with E-state index >= 15 is 0 Å². The van der Waals surface area contributed by atoms with Gasteiger partial charge in [0, 0.05) is 13.1 Å². The van der Waals surface area contributed by atoms with Crippen molar-refractivity contribution in [3.63, 3.8) is 0 Å². The van der Waals surface area contributed by atoms with E-state index in [4.69, 9.17) is 5.73 Å². The smallest absolute Gasteiger partial charge is 0.242 e. The maximum atomic E-state index is 11.7. The first kappa shape index (κ1) is 9.52. The number of nitrogens with two attached hydrogens (primary N) is 1. The van der Waals surface area contributed by atoms with Gasteiger partial charge in [-0.05, 0) is 26.2 Å². The largest absolute Gasteiger partial charge is 0.341 e. The third-order valence-corrected chi connectivity index (χ3v) is 2.62. The van der Waals surface area contributed by atoms with Crippen molar-refractivity contribution >= 4 is 5.91 Å². The van der Waals surface area contributed by atoms with Gasteiger partial charge in [0.2, 0.25) is 5.91 Å². The number of hydrogen-bond donors (Lipinski definition) is 1. The molecule has 1 aliphatic heterocycles. The highest BCUT2D eigenvalue weighted by Crippen LogP contribution is 2.15. The SMILES string of the molecule is CCC(C)(N)C(=O)N1CCCC1. The molecule has 70 valence electrons. The van der Waals surface area contributed by atoms with Crippen molar-refractivity contribution in [2.24, 2.45) is 5.73 Å². The summed E-state index contributed by atoms with van der Waals surface area (Å²) in [4.78, 5) is 13.6. The average molecular weight is 170 g/mol. The lowest BCUT2D eigenvalue weighted by Gasteiger charge is -2.27. The molecule has 1 aliphatic rings. The molecule has 3 heteroatoms. The van der Waals surface area contributed by atoms with Gasteiger partial charge in [0.1, 0.15) is 0 Å². The summed E-state index contributed by atoms with van der Waals surface area (Å²) in [5.41, 5.74) is 5.20. The molecule has 0 aliphatic carbocycles. The minimum atomic E-state index is -0.648. The van der Waals surface area contributed by atoms with Crippen LogP contribution in [0.25, 0.3) is 0 Å². The second-order valence-electron chi connectivity index (χ2n) is 3.77. The highest BCUT2D eigenvalue weighted by molar-refractivity contribution is 5.85. The number of nitrogens with zero attached hydrogens (tertiary/aromatic N) is 1. The van der Waals surface area contributed by atoms with Crippen LogP contribution in [-0.4, -0.2) is 29.4 Å². The molecule has 1 atom stereocenters. The summed E-state index contributed by atoms with van der Waals surface area (Å²) < 4.78 is 0. The van der Waals surface area contributed by atoms with Crippen molar-refractivity contribution in [1.82, 2.24) is 4.90 Å². The summed E-state index contributed by atoms with van der Waals surface area (Å²) in [6.45, 7) is 5.55. The quantitative estimate of drug-likeness (QED) is 0.664. The van der Waals surface area contributed by atoms with Crippen molar-refractivity contribution < 1.29 is 4.79 Å². The fraction of sp³-hybridized carbons (Fsp3) is 0.889. The van der Waals surface area contributed by atoms with E-state index in [2.05, 4.69) is 0 Å². The second kappa shape index (κ2) is 3.44. The molecule has 0 aromatic rings. The summed E-state index contributed by atoms with van der Waals surface area (Å²) in [7, 11) is 0. The zero-order chi connectivity index (χ0) is 9.19. The van der Waals surface area contributed by atoms with Gasteiger partial charge in [0.25, 0.3) is 0 Å². The lowest BCUT2D eigenvalue weighted by Crippen LogP contribution is -2.51. The molecule has 1 heterocycles. The molecule has 0 aromatic heterocycles. The minimum Gasteiger partial charge on any atom is -0.341 e. The number of carbonyl (C=O) groups excluding carboxylic acids is 1. The Kier molecular flexibility index (Phi) is 2.73. The fourth-order valence-corrected chi connectivity index (χ4v) is 1.43. The van der Waals surface area contributed by atoms with E-state index in [0.29, 0.717) is 6.42 Å². The van der Waals surface area contributed by atoms with E-state index in [1.165, 1.54) is 0 Å². The third-order valence-electron chi connectivity index (χ3n) is 2.62. The highest BCUT2D eigenvalue weighted by Gasteiger charge is 2.31. The molecular formula is C9H18N2O. The lowest BCUT2D eigenvalue weighted by atomic mass is 9.99. The first-order chi connectivity index (χ1) is 5.58. The zero-order valence-corrected chi connectivity index (χ0v) is 7.97.